The van der Waals surface area contributed by atoms with Gasteiger partial charge >= 0.3 is 0 Å². The zero-order valence-corrected chi connectivity index (χ0v) is 20.4. The molecule has 0 radical (unpaired) electrons. The summed E-state index contributed by atoms with van der Waals surface area (Å²) in [6.45, 7) is 0.272. The van der Waals surface area contributed by atoms with E-state index in [1.807, 2.05) is 66.7 Å². The van der Waals surface area contributed by atoms with E-state index >= 15 is 0 Å². The zero-order chi connectivity index (χ0) is 26.0. The average molecular weight is 495 g/mol. The molecule has 3 aromatic carbocycles. The van der Waals surface area contributed by atoms with Crippen LogP contribution in [0.3, 0.4) is 0 Å². The Morgan fingerprint density at radius 3 is 2.03 bits per heavy atom. The highest BCUT2D eigenvalue weighted by molar-refractivity contribution is 5.92. The number of amides is 2. The summed E-state index contributed by atoms with van der Waals surface area (Å²) in [5.41, 5.74) is 9.28. The molecule has 1 unspecified atom stereocenters. The summed E-state index contributed by atoms with van der Waals surface area (Å²) in [6.07, 6.45) is 2.54. The van der Waals surface area contributed by atoms with Crippen molar-refractivity contribution in [3.05, 3.63) is 126 Å². The monoisotopic (exact) mass is 494 g/mol. The van der Waals surface area contributed by atoms with Gasteiger partial charge in [-0.05, 0) is 59.4 Å². The SMILES string of the molecule is Nc1cc(CCC(NC(=O)C(c2ccccc2)c2ccccc2)C(=O)NCc2ccc(O)cc2)ccn1. The third-order valence-electron chi connectivity index (χ3n) is 6.13. The van der Waals surface area contributed by atoms with E-state index in [2.05, 4.69) is 15.6 Å². The number of pyridine rings is 1. The Bertz CT molecular complexity index is 1270. The number of carbonyl (C=O) groups is 2. The molecule has 7 heteroatoms. The Kier molecular flexibility index (Phi) is 8.49. The van der Waals surface area contributed by atoms with Crippen molar-refractivity contribution in [2.24, 2.45) is 0 Å². The van der Waals surface area contributed by atoms with Gasteiger partial charge in [0.15, 0.2) is 0 Å². The second-order valence-corrected chi connectivity index (χ2v) is 8.83. The Balaban J connectivity index is 1.54. The molecule has 0 saturated heterocycles. The van der Waals surface area contributed by atoms with Crippen molar-refractivity contribution in [1.82, 2.24) is 15.6 Å². The van der Waals surface area contributed by atoms with E-state index in [1.54, 1.807) is 36.5 Å². The largest absolute Gasteiger partial charge is 0.508 e. The molecular weight excluding hydrogens is 464 g/mol. The fourth-order valence-electron chi connectivity index (χ4n) is 4.20. The lowest BCUT2D eigenvalue weighted by molar-refractivity contribution is -0.129. The number of anilines is 1. The molecule has 2 amide bonds. The number of nitrogen functional groups attached to an aromatic ring is 1. The van der Waals surface area contributed by atoms with Crippen LogP contribution in [0.2, 0.25) is 0 Å². The molecule has 0 spiro atoms. The van der Waals surface area contributed by atoms with Crippen LogP contribution in [-0.4, -0.2) is 27.9 Å². The third-order valence-corrected chi connectivity index (χ3v) is 6.13. The normalized spacial score (nSPS) is 11.6. The maximum absolute atomic E-state index is 13.7. The standard InChI is InChI=1S/C30H30N4O3/c31-27-19-21(17-18-32-27)13-16-26(29(36)33-20-22-11-14-25(35)15-12-22)34-30(37)28(23-7-3-1-4-8-23)24-9-5-2-6-10-24/h1-12,14-15,17-19,26,28,35H,13,16,20H2,(H2,31,32)(H,33,36)(H,34,37). The molecule has 37 heavy (non-hydrogen) atoms. The second-order valence-electron chi connectivity index (χ2n) is 8.83. The highest BCUT2D eigenvalue weighted by atomic mass is 16.3. The van der Waals surface area contributed by atoms with E-state index in [0.29, 0.717) is 18.7 Å². The van der Waals surface area contributed by atoms with Gasteiger partial charge in [0.25, 0.3) is 0 Å². The fraction of sp³-hybridized carbons (Fsp3) is 0.167. The van der Waals surface area contributed by atoms with Gasteiger partial charge in [0.05, 0.1) is 5.92 Å². The molecule has 188 valence electrons. The van der Waals surface area contributed by atoms with Gasteiger partial charge in [-0.1, -0.05) is 72.8 Å². The lowest BCUT2D eigenvalue weighted by Gasteiger charge is -2.23. The van der Waals surface area contributed by atoms with E-state index in [-0.39, 0.29) is 24.1 Å². The van der Waals surface area contributed by atoms with Crippen molar-refractivity contribution in [1.29, 1.82) is 0 Å². The third kappa shape index (κ3) is 7.18. The smallest absolute Gasteiger partial charge is 0.242 e. The first-order valence-electron chi connectivity index (χ1n) is 12.2. The van der Waals surface area contributed by atoms with Gasteiger partial charge in [0.1, 0.15) is 17.6 Å². The van der Waals surface area contributed by atoms with Crippen molar-refractivity contribution in [2.45, 2.75) is 31.3 Å². The Hall–Kier alpha value is -4.65. The summed E-state index contributed by atoms with van der Waals surface area (Å²) >= 11 is 0. The minimum Gasteiger partial charge on any atom is -0.508 e. The number of aromatic hydroxyl groups is 1. The number of phenols is 1. The first-order chi connectivity index (χ1) is 18.0. The molecule has 4 rings (SSSR count). The predicted molar refractivity (Wildman–Crippen MR) is 144 cm³/mol. The molecule has 0 aliphatic rings. The van der Waals surface area contributed by atoms with Crippen LogP contribution in [-0.2, 0) is 22.6 Å². The van der Waals surface area contributed by atoms with Gasteiger partial charge in [0, 0.05) is 12.7 Å². The summed E-state index contributed by atoms with van der Waals surface area (Å²) < 4.78 is 0. The molecule has 5 N–H and O–H groups in total. The average Bonchev–Trinajstić information content (AvgIpc) is 2.92. The molecule has 1 aromatic heterocycles. The van der Waals surface area contributed by atoms with E-state index in [1.165, 1.54) is 0 Å². The lowest BCUT2D eigenvalue weighted by Crippen LogP contribution is -2.48. The number of nitrogens with zero attached hydrogens (tertiary/aromatic N) is 1. The molecule has 4 aromatic rings. The van der Waals surface area contributed by atoms with Crippen molar-refractivity contribution >= 4 is 17.6 Å². The quantitative estimate of drug-likeness (QED) is 0.266. The topological polar surface area (TPSA) is 117 Å². The maximum Gasteiger partial charge on any atom is 0.242 e. The predicted octanol–water partition coefficient (Wildman–Crippen LogP) is 3.94. The van der Waals surface area contributed by atoms with E-state index in [0.717, 1.165) is 22.3 Å². The summed E-state index contributed by atoms with van der Waals surface area (Å²) in [5.74, 6) is -0.543. The number of carbonyl (C=O) groups excluding carboxylic acids is 2. The summed E-state index contributed by atoms with van der Waals surface area (Å²) in [4.78, 5) is 31.0. The van der Waals surface area contributed by atoms with Crippen LogP contribution in [0.4, 0.5) is 5.82 Å². The van der Waals surface area contributed by atoms with Crippen LogP contribution in [0.1, 0.15) is 34.6 Å². The highest BCUT2D eigenvalue weighted by Gasteiger charge is 2.27. The Morgan fingerprint density at radius 2 is 1.43 bits per heavy atom. The number of nitrogens with two attached hydrogens (primary N) is 1. The summed E-state index contributed by atoms with van der Waals surface area (Å²) in [5, 5.41) is 15.4. The van der Waals surface area contributed by atoms with E-state index < -0.39 is 12.0 Å². The molecule has 0 saturated carbocycles. The van der Waals surface area contributed by atoms with E-state index in [4.69, 9.17) is 5.73 Å². The highest BCUT2D eigenvalue weighted by Crippen LogP contribution is 2.25. The number of hydrogen-bond acceptors (Lipinski definition) is 5. The summed E-state index contributed by atoms with van der Waals surface area (Å²) in [6, 6.07) is 28.5. The van der Waals surface area contributed by atoms with Gasteiger partial charge in [-0.2, -0.15) is 0 Å². The van der Waals surface area contributed by atoms with Crippen LogP contribution in [0.5, 0.6) is 5.75 Å². The number of aromatic nitrogens is 1. The molecule has 1 atom stereocenters. The molecule has 0 fully saturated rings. The van der Waals surface area contributed by atoms with Crippen LogP contribution < -0.4 is 16.4 Å². The first-order valence-corrected chi connectivity index (χ1v) is 12.2. The summed E-state index contributed by atoms with van der Waals surface area (Å²) in [7, 11) is 0. The van der Waals surface area contributed by atoms with Gasteiger partial charge in [-0.15, -0.1) is 0 Å². The number of hydrogen-bond donors (Lipinski definition) is 4. The number of nitrogens with one attached hydrogen (secondary N) is 2. The molecule has 0 aliphatic heterocycles. The minimum atomic E-state index is -0.770. The molecule has 0 aliphatic carbocycles. The van der Waals surface area contributed by atoms with Crippen LogP contribution in [0, 0.1) is 0 Å². The van der Waals surface area contributed by atoms with Gasteiger partial charge < -0.3 is 21.5 Å². The number of rotatable bonds is 10. The Labute approximate surface area is 216 Å². The first kappa shape index (κ1) is 25.4. The maximum atomic E-state index is 13.7. The zero-order valence-electron chi connectivity index (χ0n) is 20.4. The van der Waals surface area contributed by atoms with Gasteiger partial charge in [-0.3, -0.25) is 9.59 Å². The van der Waals surface area contributed by atoms with Crippen molar-refractivity contribution in [2.75, 3.05) is 5.73 Å². The minimum absolute atomic E-state index is 0.157. The second kappa shape index (κ2) is 12.4. The number of phenolic OH excluding ortho intramolecular Hbond substituents is 1. The van der Waals surface area contributed by atoms with Crippen molar-refractivity contribution < 1.29 is 14.7 Å². The van der Waals surface area contributed by atoms with Gasteiger partial charge in [-0.25, -0.2) is 4.98 Å². The lowest BCUT2D eigenvalue weighted by atomic mass is 9.90. The number of aryl methyl sites for hydroxylation is 1. The molecule has 0 bridgehead atoms. The molecule has 1 heterocycles. The van der Waals surface area contributed by atoms with Crippen LogP contribution in [0.15, 0.2) is 103 Å². The number of benzene rings is 3. The fourth-order valence-corrected chi connectivity index (χ4v) is 4.20. The van der Waals surface area contributed by atoms with E-state index in [9.17, 15) is 14.7 Å². The van der Waals surface area contributed by atoms with Crippen LogP contribution >= 0.6 is 0 Å². The van der Waals surface area contributed by atoms with Gasteiger partial charge in [0.2, 0.25) is 11.8 Å². The Morgan fingerprint density at radius 1 is 0.811 bits per heavy atom. The van der Waals surface area contributed by atoms with Crippen LogP contribution in [0.25, 0.3) is 0 Å². The molecular formula is C30H30N4O3. The van der Waals surface area contributed by atoms with Crippen molar-refractivity contribution in [3.63, 3.8) is 0 Å². The van der Waals surface area contributed by atoms with Crippen molar-refractivity contribution in [3.8, 4) is 5.75 Å². The molecule has 7 nitrogen and oxygen atoms in total.